The molecule has 2 unspecified atom stereocenters. The number of nitrogen functional groups attached to an aromatic ring is 1. The van der Waals surface area contributed by atoms with Crippen LogP contribution < -0.4 is 5.73 Å². The highest BCUT2D eigenvalue weighted by molar-refractivity contribution is 7.85. The zero-order valence-electron chi connectivity index (χ0n) is 9.40. The molecule has 2 N–H and O–H groups in total. The summed E-state index contributed by atoms with van der Waals surface area (Å²) in [5.74, 6) is 0. The fraction of sp³-hybridized carbons (Fsp3) is 0.455. The molecule has 1 aromatic rings. The minimum atomic E-state index is -1.14. The monoisotopic (exact) mass is 261 g/mol. The molecule has 0 fully saturated rings. The van der Waals surface area contributed by atoms with Crippen LogP contribution in [0.25, 0.3) is 0 Å². The Kier molecular flexibility index (Phi) is 5.25. The predicted molar refractivity (Wildman–Crippen MR) is 68.2 cm³/mol. The number of nitrogens with two attached hydrogens (primary N) is 1. The van der Waals surface area contributed by atoms with Gasteiger partial charge in [-0.25, -0.2) is 0 Å². The number of rotatable bonds is 5. The lowest BCUT2D eigenvalue weighted by atomic mass is 10.3. The van der Waals surface area contributed by atoms with Crippen molar-refractivity contribution in [2.45, 2.75) is 23.5 Å². The topological polar surface area (TPSA) is 52.3 Å². The summed E-state index contributed by atoms with van der Waals surface area (Å²) >= 11 is 5.99. The number of anilines is 1. The van der Waals surface area contributed by atoms with Crippen LogP contribution in [0.4, 0.5) is 5.69 Å². The first-order valence-corrected chi connectivity index (χ1v) is 6.60. The smallest absolute Gasteiger partial charge is 0.0597 e. The molecule has 0 radical (unpaired) electrons. The number of benzene rings is 1. The van der Waals surface area contributed by atoms with Crippen LogP contribution in [-0.4, -0.2) is 23.2 Å². The van der Waals surface area contributed by atoms with Gasteiger partial charge in [-0.2, -0.15) is 0 Å². The molecule has 0 spiro atoms. The summed E-state index contributed by atoms with van der Waals surface area (Å²) in [6.07, 6.45) is 0.730. The fourth-order valence-electron chi connectivity index (χ4n) is 1.28. The summed E-state index contributed by atoms with van der Waals surface area (Å²) < 4.78 is 17.1. The van der Waals surface area contributed by atoms with Crippen LogP contribution >= 0.6 is 11.6 Å². The van der Waals surface area contributed by atoms with Crippen LogP contribution in [0.15, 0.2) is 23.1 Å². The van der Waals surface area contributed by atoms with Crippen LogP contribution in [0.2, 0.25) is 5.02 Å². The summed E-state index contributed by atoms with van der Waals surface area (Å²) in [5.41, 5.74) is 6.22. The molecule has 0 aromatic heterocycles. The lowest BCUT2D eigenvalue weighted by Crippen LogP contribution is -2.14. The summed E-state index contributed by atoms with van der Waals surface area (Å²) in [6.45, 7) is 2.50. The van der Waals surface area contributed by atoms with Crippen LogP contribution in [-0.2, 0) is 15.5 Å². The number of hydrogen-bond donors (Lipinski definition) is 1. The SMILES string of the molecule is COCCC(C)S(=O)c1cc(N)ccc1Cl. The van der Waals surface area contributed by atoms with Crippen LogP contribution in [0.1, 0.15) is 13.3 Å². The molecule has 3 nitrogen and oxygen atoms in total. The van der Waals surface area contributed by atoms with Crippen molar-refractivity contribution in [2.24, 2.45) is 0 Å². The molecule has 0 amide bonds. The highest BCUT2D eigenvalue weighted by Gasteiger charge is 2.16. The Balaban J connectivity index is 2.83. The maximum Gasteiger partial charge on any atom is 0.0597 e. The fourth-order valence-corrected chi connectivity index (χ4v) is 2.88. The first-order valence-electron chi connectivity index (χ1n) is 5.00. The molecule has 1 aromatic carbocycles. The van der Waals surface area contributed by atoms with E-state index in [1.54, 1.807) is 25.3 Å². The van der Waals surface area contributed by atoms with E-state index < -0.39 is 10.8 Å². The molecular weight excluding hydrogens is 246 g/mol. The lowest BCUT2D eigenvalue weighted by molar-refractivity contribution is 0.195. The van der Waals surface area contributed by atoms with E-state index in [-0.39, 0.29) is 5.25 Å². The highest BCUT2D eigenvalue weighted by atomic mass is 35.5. The van der Waals surface area contributed by atoms with Gasteiger partial charge in [0.15, 0.2) is 0 Å². The van der Waals surface area contributed by atoms with Gasteiger partial charge >= 0.3 is 0 Å². The van der Waals surface area contributed by atoms with Gasteiger partial charge in [0, 0.05) is 24.7 Å². The zero-order valence-corrected chi connectivity index (χ0v) is 11.0. The summed E-state index contributed by atoms with van der Waals surface area (Å²) in [6, 6.07) is 5.04. The Bertz CT molecular complexity index is 384. The molecule has 0 bridgehead atoms. The van der Waals surface area contributed by atoms with E-state index in [1.165, 1.54) is 0 Å². The van der Waals surface area contributed by atoms with Crippen molar-refractivity contribution in [1.29, 1.82) is 0 Å². The third kappa shape index (κ3) is 3.47. The van der Waals surface area contributed by atoms with Crippen LogP contribution in [0, 0.1) is 0 Å². The van der Waals surface area contributed by atoms with Gasteiger partial charge < -0.3 is 10.5 Å². The van der Waals surface area contributed by atoms with E-state index in [2.05, 4.69) is 0 Å². The van der Waals surface area contributed by atoms with Gasteiger partial charge in [-0.1, -0.05) is 18.5 Å². The van der Waals surface area contributed by atoms with Gasteiger partial charge in [-0.15, -0.1) is 0 Å². The van der Waals surface area contributed by atoms with E-state index in [0.29, 0.717) is 22.2 Å². The molecular formula is C11H16ClNO2S. The predicted octanol–water partition coefficient (Wildman–Crippen LogP) is 2.45. The summed E-state index contributed by atoms with van der Waals surface area (Å²) in [7, 11) is 0.485. The second kappa shape index (κ2) is 6.23. The minimum Gasteiger partial charge on any atom is -0.399 e. The molecule has 0 aliphatic carbocycles. The number of methoxy groups -OCH3 is 1. The molecule has 0 heterocycles. The Labute approximate surface area is 103 Å². The van der Waals surface area contributed by atoms with Crippen LogP contribution in [0.5, 0.6) is 0 Å². The molecule has 16 heavy (non-hydrogen) atoms. The van der Waals surface area contributed by atoms with E-state index >= 15 is 0 Å². The summed E-state index contributed by atoms with van der Waals surface area (Å²) in [5, 5.41) is 0.496. The van der Waals surface area contributed by atoms with Gasteiger partial charge in [-0.3, -0.25) is 4.21 Å². The first-order chi connectivity index (χ1) is 7.56. The first kappa shape index (κ1) is 13.5. The normalized spacial score (nSPS) is 14.7. The molecule has 5 heteroatoms. The van der Waals surface area contributed by atoms with E-state index in [9.17, 15) is 4.21 Å². The maximum absolute atomic E-state index is 12.1. The Morgan fingerprint density at radius 3 is 2.88 bits per heavy atom. The third-order valence-corrected chi connectivity index (χ3v) is 4.45. The lowest BCUT2D eigenvalue weighted by Gasteiger charge is -2.12. The quantitative estimate of drug-likeness (QED) is 0.829. The van der Waals surface area contributed by atoms with Crippen molar-refractivity contribution >= 4 is 28.1 Å². The Hall–Kier alpha value is -0.580. The molecule has 1 rings (SSSR count). The van der Waals surface area contributed by atoms with Crippen molar-refractivity contribution in [2.75, 3.05) is 19.5 Å². The second-order valence-corrected chi connectivity index (χ2v) is 5.83. The zero-order chi connectivity index (χ0) is 12.1. The average Bonchev–Trinajstić information content (AvgIpc) is 2.28. The van der Waals surface area contributed by atoms with Crippen molar-refractivity contribution in [3.8, 4) is 0 Å². The molecule has 0 aliphatic rings. The van der Waals surface area contributed by atoms with Gasteiger partial charge in [-0.05, 0) is 24.6 Å². The molecule has 2 atom stereocenters. The van der Waals surface area contributed by atoms with Gasteiger partial charge in [0.2, 0.25) is 0 Å². The maximum atomic E-state index is 12.1. The largest absolute Gasteiger partial charge is 0.399 e. The van der Waals surface area contributed by atoms with E-state index in [4.69, 9.17) is 22.1 Å². The van der Waals surface area contributed by atoms with Gasteiger partial charge in [0.1, 0.15) is 0 Å². The number of hydrogen-bond acceptors (Lipinski definition) is 3. The van der Waals surface area contributed by atoms with E-state index in [0.717, 1.165) is 6.42 Å². The van der Waals surface area contributed by atoms with Crippen molar-refractivity contribution in [3.05, 3.63) is 23.2 Å². The average molecular weight is 262 g/mol. The third-order valence-electron chi connectivity index (χ3n) is 2.27. The summed E-state index contributed by atoms with van der Waals surface area (Å²) in [4.78, 5) is 0.602. The van der Waals surface area contributed by atoms with Crippen LogP contribution in [0.3, 0.4) is 0 Å². The van der Waals surface area contributed by atoms with Crippen molar-refractivity contribution in [1.82, 2.24) is 0 Å². The molecule has 0 aliphatic heterocycles. The highest BCUT2D eigenvalue weighted by Crippen LogP contribution is 2.25. The van der Waals surface area contributed by atoms with Crippen molar-refractivity contribution < 1.29 is 8.95 Å². The van der Waals surface area contributed by atoms with E-state index in [1.807, 2.05) is 6.92 Å². The molecule has 0 saturated heterocycles. The molecule has 0 saturated carbocycles. The Morgan fingerprint density at radius 1 is 1.56 bits per heavy atom. The molecule has 90 valence electrons. The van der Waals surface area contributed by atoms with Gasteiger partial charge in [0.25, 0.3) is 0 Å². The minimum absolute atomic E-state index is 0.000694. The second-order valence-electron chi connectivity index (χ2n) is 3.58. The standard InChI is InChI=1S/C11H16ClNO2S/c1-8(5-6-15-2)16(14)11-7-9(13)3-4-10(11)12/h3-4,7-8H,5-6,13H2,1-2H3. The number of ether oxygens (including phenoxy) is 1. The number of halogens is 1. The Morgan fingerprint density at radius 2 is 2.25 bits per heavy atom. The van der Waals surface area contributed by atoms with Crippen molar-refractivity contribution in [3.63, 3.8) is 0 Å². The van der Waals surface area contributed by atoms with Gasteiger partial charge in [0.05, 0.1) is 20.7 Å².